The maximum absolute atomic E-state index is 9.39. The molecule has 0 spiro atoms. The molecule has 2 fully saturated rings. The second-order valence-electron chi connectivity index (χ2n) is 6.87. The standard InChI is InChI=1S/C17H34N4O/c1-3-15-7-5-6-11-21(15)12-10-19-16(18-4-2)20-13-17(14-22)8-9-17/h15,22H,3-14H2,1-2H3,(H2,18,19,20). The smallest absolute Gasteiger partial charge is 0.191 e. The summed E-state index contributed by atoms with van der Waals surface area (Å²) in [7, 11) is 0. The van der Waals surface area contributed by atoms with E-state index in [0.29, 0.717) is 0 Å². The summed E-state index contributed by atoms with van der Waals surface area (Å²) in [6, 6.07) is 0.763. The van der Waals surface area contributed by atoms with Crippen molar-refractivity contribution >= 4 is 5.96 Å². The molecule has 1 aliphatic heterocycles. The summed E-state index contributed by atoms with van der Waals surface area (Å²) in [5.74, 6) is 0.896. The molecule has 1 atom stereocenters. The summed E-state index contributed by atoms with van der Waals surface area (Å²) in [6.07, 6.45) is 7.55. The lowest BCUT2D eigenvalue weighted by Crippen LogP contribution is -2.46. The van der Waals surface area contributed by atoms with Crippen LogP contribution >= 0.6 is 0 Å². The monoisotopic (exact) mass is 310 g/mol. The number of nitrogens with zero attached hydrogens (tertiary/aromatic N) is 2. The van der Waals surface area contributed by atoms with E-state index in [4.69, 9.17) is 0 Å². The minimum atomic E-state index is 0.0858. The van der Waals surface area contributed by atoms with E-state index in [1.54, 1.807) is 0 Å². The Balaban J connectivity index is 1.75. The van der Waals surface area contributed by atoms with Crippen LogP contribution in [0.25, 0.3) is 0 Å². The van der Waals surface area contributed by atoms with E-state index in [1.807, 2.05) is 0 Å². The van der Waals surface area contributed by atoms with Crippen molar-refractivity contribution in [1.82, 2.24) is 15.5 Å². The van der Waals surface area contributed by atoms with Crippen LogP contribution in [0, 0.1) is 5.41 Å². The molecule has 1 unspecified atom stereocenters. The van der Waals surface area contributed by atoms with Gasteiger partial charge in [-0.1, -0.05) is 13.3 Å². The number of piperidine rings is 1. The van der Waals surface area contributed by atoms with Crippen LogP contribution in [0.4, 0.5) is 0 Å². The van der Waals surface area contributed by atoms with Gasteiger partial charge >= 0.3 is 0 Å². The third kappa shape index (κ3) is 5.13. The van der Waals surface area contributed by atoms with E-state index in [-0.39, 0.29) is 12.0 Å². The van der Waals surface area contributed by atoms with E-state index in [0.717, 1.165) is 51.0 Å². The van der Waals surface area contributed by atoms with Crippen LogP contribution in [0.5, 0.6) is 0 Å². The van der Waals surface area contributed by atoms with Gasteiger partial charge in [-0.05, 0) is 45.6 Å². The number of rotatable bonds is 8. The zero-order chi connectivity index (χ0) is 15.8. The molecule has 2 rings (SSSR count). The highest BCUT2D eigenvalue weighted by Crippen LogP contribution is 2.45. The van der Waals surface area contributed by atoms with Gasteiger partial charge in [-0.15, -0.1) is 0 Å². The van der Waals surface area contributed by atoms with Gasteiger partial charge in [0, 0.05) is 31.1 Å². The SMILES string of the molecule is CCNC(=NCC1(CO)CC1)NCCN1CCCCC1CC. The Morgan fingerprint density at radius 1 is 1.27 bits per heavy atom. The molecule has 3 N–H and O–H groups in total. The number of aliphatic hydroxyl groups excluding tert-OH is 1. The molecule has 0 radical (unpaired) electrons. The fraction of sp³-hybridized carbons (Fsp3) is 0.941. The van der Waals surface area contributed by atoms with Crippen LogP contribution in [-0.4, -0.2) is 61.3 Å². The van der Waals surface area contributed by atoms with Crippen LogP contribution in [0.15, 0.2) is 4.99 Å². The highest BCUT2D eigenvalue weighted by atomic mass is 16.3. The average molecular weight is 310 g/mol. The first-order valence-electron chi connectivity index (χ1n) is 9.10. The lowest BCUT2D eigenvalue weighted by molar-refractivity contribution is 0.147. The van der Waals surface area contributed by atoms with Crippen molar-refractivity contribution in [1.29, 1.82) is 0 Å². The predicted molar refractivity (Wildman–Crippen MR) is 92.2 cm³/mol. The minimum Gasteiger partial charge on any atom is -0.396 e. The normalized spacial score (nSPS) is 25.0. The molecule has 22 heavy (non-hydrogen) atoms. The average Bonchev–Trinajstić information content (AvgIpc) is 3.33. The number of aliphatic hydroxyl groups is 1. The number of hydrogen-bond acceptors (Lipinski definition) is 3. The first-order valence-corrected chi connectivity index (χ1v) is 9.10. The first kappa shape index (κ1) is 17.5. The number of nitrogens with one attached hydrogen (secondary N) is 2. The Morgan fingerprint density at radius 3 is 2.73 bits per heavy atom. The number of likely N-dealkylation sites (tertiary alicyclic amines) is 1. The summed E-state index contributed by atoms with van der Waals surface area (Å²) in [5.41, 5.74) is 0.0858. The van der Waals surface area contributed by atoms with E-state index in [9.17, 15) is 5.11 Å². The van der Waals surface area contributed by atoms with Crippen LogP contribution in [0.2, 0.25) is 0 Å². The van der Waals surface area contributed by atoms with Crippen LogP contribution in [0.1, 0.15) is 52.4 Å². The molecule has 5 heteroatoms. The minimum absolute atomic E-state index is 0.0858. The Bertz CT molecular complexity index is 355. The summed E-state index contributed by atoms with van der Waals surface area (Å²) in [4.78, 5) is 7.28. The van der Waals surface area contributed by atoms with Crippen molar-refractivity contribution in [2.75, 3.05) is 39.3 Å². The van der Waals surface area contributed by atoms with Gasteiger partial charge in [0.1, 0.15) is 0 Å². The van der Waals surface area contributed by atoms with Gasteiger partial charge in [-0.25, -0.2) is 0 Å². The second kappa shape index (κ2) is 8.73. The molecule has 0 bridgehead atoms. The zero-order valence-electron chi connectivity index (χ0n) is 14.4. The van der Waals surface area contributed by atoms with Gasteiger partial charge in [0.25, 0.3) is 0 Å². The Morgan fingerprint density at radius 2 is 2.09 bits per heavy atom. The largest absolute Gasteiger partial charge is 0.396 e. The van der Waals surface area contributed by atoms with Crippen LogP contribution in [0.3, 0.4) is 0 Å². The Hall–Kier alpha value is -0.810. The van der Waals surface area contributed by atoms with Crippen molar-refractivity contribution in [2.24, 2.45) is 10.4 Å². The van der Waals surface area contributed by atoms with E-state index >= 15 is 0 Å². The molecular weight excluding hydrogens is 276 g/mol. The lowest BCUT2D eigenvalue weighted by Gasteiger charge is -2.35. The predicted octanol–water partition coefficient (Wildman–Crippen LogP) is 1.58. The molecular formula is C17H34N4O. The van der Waals surface area contributed by atoms with Gasteiger partial charge < -0.3 is 15.7 Å². The number of aliphatic imine (C=N–C) groups is 1. The van der Waals surface area contributed by atoms with Gasteiger partial charge in [0.05, 0.1) is 13.2 Å². The summed E-state index contributed by atoms with van der Waals surface area (Å²) >= 11 is 0. The maximum Gasteiger partial charge on any atom is 0.191 e. The van der Waals surface area contributed by atoms with E-state index in [1.165, 1.54) is 32.2 Å². The molecule has 1 saturated heterocycles. The molecule has 128 valence electrons. The van der Waals surface area contributed by atoms with Gasteiger partial charge in [0.15, 0.2) is 5.96 Å². The van der Waals surface area contributed by atoms with Crippen molar-refractivity contribution in [3.05, 3.63) is 0 Å². The number of hydrogen-bond donors (Lipinski definition) is 3. The lowest BCUT2D eigenvalue weighted by atomic mass is 10.0. The third-order valence-corrected chi connectivity index (χ3v) is 5.12. The fourth-order valence-corrected chi connectivity index (χ4v) is 3.27. The molecule has 1 aliphatic carbocycles. The zero-order valence-corrected chi connectivity index (χ0v) is 14.4. The summed E-state index contributed by atoms with van der Waals surface area (Å²) < 4.78 is 0. The molecule has 2 aliphatic rings. The van der Waals surface area contributed by atoms with Crippen LogP contribution < -0.4 is 10.6 Å². The van der Waals surface area contributed by atoms with Gasteiger partial charge in [-0.3, -0.25) is 9.89 Å². The topological polar surface area (TPSA) is 59.9 Å². The molecule has 0 aromatic carbocycles. The van der Waals surface area contributed by atoms with E-state index in [2.05, 4.69) is 34.4 Å². The Kier molecular flexibility index (Phi) is 6.96. The highest BCUT2D eigenvalue weighted by molar-refractivity contribution is 5.79. The maximum atomic E-state index is 9.39. The summed E-state index contributed by atoms with van der Waals surface area (Å²) in [5, 5.41) is 16.1. The van der Waals surface area contributed by atoms with Crippen molar-refractivity contribution in [3.8, 4) is 0 Å². The Labute approximate surface area is 135 Å². The first-order chi connectivity index (χ1) is 10.7. The van der Waals surface area contributed by atoms with E-state index < -0.39 is 0 Å². The molecule has 1 heterocycles. The fourth-order valence-electron chi connectivity index (χ4n) is 3.27. The quantitative estimate of drug-likeness (QED) is 0.470. The molecule has 0 amide bonds. The second-order valence-corrected chi connectivity index (χ2v) is 6.87. The molecule has 0 aromatic rings. The van der Waals surface area contributed by atoms with Gasteiger partial charge in [-0.2, -0.15) is 0 Å². The molecule has 0 aromatic heterocycles. The molecule has 1 saturated carbocycles. The number of guanidine groups is 1. The van der Waals surface area contributed by atoms with Gasteiger partial charge in [0.2, 0.25) is 0 Å². The third-order valence-electron chi connectivity index (χ3n) is 5.12. The van der Waals surface area contributed by atoms with Crippen molar-refractivity contribution in [3.63, 3.8) is 0 Å². The molecule has 5 nitrogen and oxygen atoms in total. The van der Waals surface area contributed by atoms with Crippen LogP contribution in [-0.2, 0) is 0 Å². The highest BCUT2D eigenvalue weighted by Gasteiger charge is 2.41. The summed E-state index contributed by atoms with van der Waals surface area (Å²) in [6.45, 7) is 9.53. The van der Waals surface area contributed by atoms with Crippen molar-refractivity contribution in [2.45, 2.75) is 58.4 Å². The van der Waals surface area contributed by atoms with Crippen molar-refractivity contribution < 1.29 is 5.11 Å².